The Hall–Kier alpha value is -2.95. The average molecular weight is 321 g/mol. The van der Waals surface area contributed by atoms with Crippen LogP contribution in [0.4, 0.5) is 0 Å². The van der Waals surface area contributed by atoms with Crippen LogP contribution in [-0.4, -0.2) is 28.0 Å². The highest BCUT2D eigenvalue weighted by molar-refractivity contribution is 5.94. The van der Waals surface area contributed by atoms with Crippen LogP contribution in [0.2, 0.25) is 0 Å². The number of amides is 1. The highest BCUT2D eigenvalue weighted by Crippen LogP contribution is 2.17. The lowest BCUT2D eigenvalue weighted by Gasteiger charge is -2.14. The maximum atomic E-state index is 12.4. The van der Waals surface area contributed by atoms with E-state index in [0.29, 0.717) is 17.3 Å². The first-order chi connectivity index (χ1) is 11.5. The van der Waals surface area contributed by atoms with Gasteiger partial charge in [0.25, 0.3) is 5.91 Å². The Morgan fingerprint density at radius 2 is 1.83 bits per heavy atom. The molecule has 0 saturated heterocycles. The summed E-state index contributed by atoms with van der Waals surface area (Å²) in [6, 6.07) is 15.4. The van der Waals surface area contributed by atoms with Crippen molar-refractivity contribution >= 4 is 5.91 Å². The van der Waals surface area contributed by atoms with E-state index in [4.69, 9.17) is 4.52 Å². The van der Waals surface area contributed by atoms with Crippen molar-refractivity contribution in [3.05, 3.63) is 71.1 Å². The molecule has 5 heteroatoms. The van der Waals surface area contributed by atoms with Crippen molar-refractivity contribution in [3.63, 3.8) is 0 Å². The van der Waals surface area contributed by atoms with Crippen LogP contribution in [0, 0.1) is 13.8 Å². The van der Waals surface area contributed by atoms with Crippen LogP contribution >= 0.6 is 0 Å². The number of aromatic nitrogens is 2. The summed E-state index contributed by atoms with van der Waals surface area (Å²) in [7, 11) is 1.72. The molecule has 0 aliphatic rings. The van der Waals surface area contributed by atoms with Crippen LogP contribution < -0.4 is 0 Å². The Kier molecular flexibility index (Phi) is 4.42. The molecule has 1 amide bonds. The van der Waals surface area contributed by atoms with E-state index in [9.17, 15) is 4.79 Å². The van der Waals surface area contributed by atoms with Crippen molar-refractivity contribution in [1.82, 2.24) is 15.0 Å². The van der Waals surface area contributed by atoms with E-state index in [0.717, 1.165) is 16.7 Å². The second-order valence-electron chi connectivity index (χ2n) is 5.91. The minimum atomic E-state index is -0.0784. The van der Waals surface area contributed by atoms with Gasteiger partial charge in [0.05, 0.1) is 6.54 Å². The predicted molar refractivity (Wildman–Crippen MR) is 91.4 cm³/mol. The van der Waals surface area contributed by atoms with Crippen LogP contribution in [0.1, 0.15) is 27.4 Å². The highest BCUT2D eigenvalue weighted by Gasteiger charge is 2.16. The highest BCUT2D eigenvalue weighted by atomic mass is 16.5. The van der Waals surface area contributed by atoms with Crippen molar-refractivity contribution < 1.29 is 9.32 Å². The molecule has 0 atom stereocenters. The van der Waals surface area contributed by atoms with Gasteiger partial charge in [-0.15, -0.1) is 0 Å². The van der Waals surface area contributed by atoms with Gasteiger partial charge in [-0.3, -0.25) is 4.79 Å². The van der Waals surface area contributed by atoms with Gasteiger partial charge in [0.15, 0.2) is 0 Å². The summed E-state index contributed by atoms with van der Waals surface area (Å²) in [6.07, 6.45) is 0. The largest absolute Gasteiger partial charge is 0.337 e. The summed E-state index contributed by atoms with van der Waals surface area (Å²) < 4.78 is 5.28. The van der Waals surface area contributed by atoms with E-state index in [1.165, 1.54) is 0 Å². The Balaban J connectivity index is 1.72. The number of hydrogen-bond acceptors (Lipinski definition) is 4. The molecule has 0 saturated carbocycles. The third-order valence-electron chi connectivity index (χ3n) is 3.76. The molecule has 0 bridgehead atoms. The van der Waals surface area contributed by atoms with Crippen LogP contribution in [0.3, 0.4) is 0 Å². The smallest absolute Gasteiger partial charge is 0.254 e. The minimum absolute atomic E-state index is 0.0784. The van der Waals surface area contributed by atoms with Crippen LogP contribution in [0.5, 0.6) is 0 Å². The molecule has 3 rings (SSSR count). The zero-order valence-corrected chi connectivity index (χ0v) is 14.0. The zero-order valence-electron chi connectivity index (χ0n) is 14.0. The fourth-order valence-corrected chi connectivity index (χ4v) is 2.41. The summed E-state index contributed by atoms with van der Waals surface area (Å²) >= 11 is 0. The number of hydrogen-bond donors (Lipinski definition) is 0. The first-order valence-electron chi connectivity index (χ1n) is 7.74. The second kappa shape index (κ2) is 6.66. The van der Waals surface area contributed by atoms with Crippen LogP contribution in [0.15, 0.2) is 53.1 Å². The van der Waals surface area contributed by atoms with Crippen molar-refractivity contribution in [2.45, 2.75) is 20.4 Å². The topological polar surface area (TPSA) is 59.2 Å². The number of nitrogens with zero attached hydrogens (tertiary/aromatic N) is 3. The van der Waals surface area contributed by atoms with Crippen molar-refractivity contribution in [2.75, 3.05) is 7.05 Å². The van der Waals surface area contributed by atoms with Gasteiger partial charge in [0, 0.05) is 18.2 Å². The Morgan fingerprint density at radius 3 is 2.54 bits per heavy atom. The molecule has 1 heterocycles. The lowest BCUT2D eigenvalue weighted by Crippen LogP contribution is -2.26. The SMILES string of the molecule is Cc1ccc(C(=O)N(C)Cc2nc(-c3cccc(C)c3)no2)cc1. The quantitative estimate of drug-likeness (QED) is 0.736. The molecule has 24 heavy (non-hydrogen) atoms. The van der Waals surface area contributed by atoms with Gasteiger partial charge in [-0.25, -0.2) is 0 Å². The summed E-state index contributed by atoms with van der Waals surface area (Å²) in [5.41, 5.74) is 3.79. The summed E-state index contributed by atoms with van der Waals surface area (Å²) in [5, 5.41) is 4.00. The molecule has 2 aromatic carbocycles. The van der Waals surface area contributed by atoms with Gasteiger partial charge < -0.3 is 9.42 Å². The van der Waals surface area contributed by atoms with E-state index in [1.54, 1.807) is 11.9 Å². The van der Waals surface area contributed by atoms with Gasteiger partial charge >= 0.3 is 0 Å². The lowest BCUT2D eigenvalue weighted by atomic mass is 10.1. The average Bonchev–Trinajstić information content (AvgIpc) is 3.03. The standard InChI is InChI=1S/C19H19N3O2/c1-13-7-9-15(10-8-13)19(23)22(3)12-17-20-18(21-24-17)16-6-4-5-14(2)11-16/h4-11H,12H2,1-3H3. The van der Waals surface area contributed by atoms with E-state index in [1.807, 2.05) is 62.4 Å². The molecule has 0 N–H and O–H groups in total. The van der Waals surface area contributed by atoms with Crippen molar-refractivity contribution in [1.29, 1.82) is 0 Å². The third-order valence-corrected chi connectivity index (χ3v) is 3.76. The van der Waals surface area contributed by atoms with Gasteiger partial charge in [-0.05, 0) is 32.0 Å². The molecule has 0 spiro atoms. The molecule has 0 aliphatic heterocycles. The summed E-state index contributed by atoms with van der Waals surface area (Å²) in [5.74, 6) is 0.865. The first kappa shape index (κ1) is 15.9. The molecular formula is C19H19N3O2. The number of carbonyl (C=O) groups excluding carboxylic acids is 1. The monoisotopic (exact) mass is 321 g/mol. The molecule has 122 valence electrons. The molecule has 0 aliphatic carbocycles. The van der Waals surface area contributed by atoms with Crippen LogP contribution in [-0.2, 0) is 6.54 Å². The maximum Gasteiger partial charge on any atom is 0.254 e. The van der Waals surface area contributed by atoms with Crippen molar-refractivity contribution in [3.8, 4) is 11.4 Å². The minimum Gasteiger partial charge on any atom is -0.337 e. The van der Waals surface area contributed by atoms with Gasteiger partial charge in [0.2, 0.25) is 11.7 Å². The Bertz CT molecular complexity index is 853. The fraction of sp³-hybridized carbons (Fsp3) is 0.211. The predicted octanol–water partition coefficient (Wildman–Crippen LogP) is 3.63. The molecule has 3 aromatic rings. The maximum absolute atomic E-state index is 12.4. The first-order valence-corrected chi connectivity index (χ1v) is 7.74. The Labute approximate surface area is 140 Å². The number of rotatable bonds is 4. The van der Waals surface area contributed by atoms with E-state index in [-0.39, 0.29) is 12.5 Å². The normalized spacial score (nSPS) is 10.6. The third kappa shape index (κ3) is 3.51. The second-order valence-corrected chi connectivity index (χ2v) is 5.91. The summed E-state index contributed by atoms with van der Waals surface area (Å²) in [4.78, 5) is 18.4. The van der Waals surface area contributed by atoms with Crippen LogP contribution in [0.25, 0.3) is 11.4 Å². The van der Waals surface area contributed by atoms with E-state index in [2.05, 4.69) is 10.1 Å². The lowest BCUT2D eigenvalue weighted by molar-refractivity contribution is 0.0769. The van der Waals surface area contributed by atoms with E-state index >= 15 is 0 Å². The zero-order chi connectivity index (χ0) is 17.1. The number of aryl methyl sites for hydroxylation is 2. The number of carbonyl (C=O) groups is 1. The Morgan fingerprint density at radius 1 is 1.08 bits per heavy atom. The van der Waals surface area contributed by atoms with Crippen molar-refractivity contribution in [2.24, 2.45) is 0 Å². The summed E-state index contributed by atoms with van der Waals surface area (Å²) in [6.45, 7) is 4.27. The van der Waals surface area contributed by atoms with Gasteiger partial charge in [-0.2, -0.15) is 4.98 Å². The van der Waals surface area contributed by atoms with Gasteiger partial charge in [-0.1, -0.05) is 46.6 Å². The number of benzene rings is 2. The molecule has 0 radical (unpaired) electrons. The molecule has 1 aromatic heterocycles. The fourth-order valence-electron chi connectivity index (χ4n) is 2.41. The molecule has 0 fully saturated rings. The molecular weight excluding hydrogens is 302 g/mol. The molecule has 0 unspecified atom stereocenters. The molecule has 5 nitrogen and oxygen atoms in total. The van der Waals surface area contributed by atoms with Gasteiger partial charge in [0.1, 0.15) is 0 Å². The van der Waals surface area contributed by atoms with E-state index < -0.39 is 0 Å².